The highest BCUT2D eigenvalue weighted by molar-refractivity contribution is 5.84. The number of nitrogens with one attached hydrogen (secondary N) is 2. The second-order valence-electron chi connectivity index (χ2n) is 10.7. The van der Waals surface area contributed by atoms with Gasteiger partial charge in [0.2, 0.25) is 5.91 Å². The molecule has 0 saturated heterocycles. The van der Waals surface area contributed by atoms with Crippen LogP contribution in [0.1, 0.15) is 64.5 Å². The lowest BCUT2D eigenvalue weighted by Gasteiger charge is -2.26. The Morgan fingerprint density at radius 1 is 0.943 bits per heavy atom. The Balaban J connectivity index is 1.60. The Bertz CT molecular complexity index is 1030. The molecule has 2 aromatic rings. The molecule has 0 saturated carbocycles. The van der Waals surface area contributed by atoms with Crippen molar-refractivity contribution in [3.63, 3.8) is 0 Å². The fourth-order valence-electron chi connectivity index (χ4n) is 4.51. The third kappa shape index (κ3) is 6.84. The average Bonchev–Trinajstić information content (AvgIpc) is 3.09. The van der Waals surface area contributed by atoms with Crippen LogP contribution in [0, 0.1) is 11.3 Å². The molecule has 7 heteroatoms. The standard InChI is InChI=1S/C28H36N2O5/c1-17(2)23(14-25(31)29-24(26(32)33)15-28(3,4)5)30-27(34)35-16-22-20-12-8-6-10-18(20)19-11-7-9-13-21(19)22/h6-13,17,22-24H,14-16H2,1-5H3,(H,29,31)(H,30,34)(H,32,33)/t23-,24?/m1/s1. The second-order valence-corrected chi connectivity index (χ2v) is 10.7. The van der Waals surface area contributed by atoms with Crippen LogP contribution in [0.5, 0.6) is 0 Å². The second kappa shape index (κ2) is 10.9. The predicted octanol–water partition coefficient (Wildman–Crippen LogP) is 4.95. The van der Waals surface area contributed by atoms with Crippen molar-refractivity contribution in [2.75, 3.05) is 6.61 Å². The van der Waals surface area contributed by atoms with E-state index in [4.69, 9.17) is 4.74 Å². The van der Waals surface area contributed by atoms with Gasteiger partial charge in [-0.05, 0) is 40.0 Å². The molecule has 0 aromatic heterocycles. The van der Waals surface area contributed by atoms with E-state index in [2.05, 4.69) is 34.9 Å². The minimum absolute atomic E-state index is 0.0320. The van der Waals surface area contributed by atoms with Gasteiger partial charge in [-0.1, -0.05) is 83.1 Å². The van der Waals surface area contributed by atoms with Gasteiger partial charge in [0.1, 0.15) is 12.6 Å². The van der Waals surface area contributed by atoms with E-state index < -0.39 is 30.1 Å². The molecule has 2 amide bonds. The van der Waals surface area contributed by atoms with Gasteiger partial charge in [-0.15, -0.1) is 0 Å². The number of ether oxygens (including phenoxy) is 1. The fourth-order valence-corrected chi connectivity index (χ4v) is 4.51. The number of alkyl carbamates (subject to hydrolysis) is 1. The number of amides is 2. The first kappa shape index (κ1) is 26.3. The van der Waals surface area contributed by atoms with Crippen LogP contribution >= 0.6 is 0 Å². The van der Waals surface area contributed by atoms with Gasteiger partial charge in [-0.3, -0.25) is 4.79 Å². The van der Waals surface area contributed by atoms with Gasteiger partial charge in [-0.25, -0.2) is 9.59 Å². The Labute approximate surface area is 207 Å². The lowest BCUT2D eigenvalue weighted by Crippen LogP contribution is -2.47. The maximum atomic E-state index is 12.7. The topological polar surface area (TPSA) is 105 Å². The summed E-state index contributed by atoms with van der Waals surface area (Å²) in [4.78, 5) is 36.9. The molecule has 0 spiro atoms. The molecule has 188 valence electrons. The fraction of sp³-hybridized carbons (Fsp3) is 0.464. The maximum Gasteiger partial charge on any atom is 0.407 e. The minimum atomic E-state index is -1.07. The van der Waals surface area contributed by atoms with E-state index in [1.165, 1.54) is 0 Å². The van der Waals surface area contributed by atoms with Crippen LogP contribution in [0.15, 0.2) is 48.5 Å². The molecular formula is C28H36N2O5. The zero-order chi connectivity index (χ0) is 25.8. The maximum absolute atomic E-state index is 12.7. The first-order valence-electron chi connectivity index (χ1n) is 12.1. The number of aliphatic carboxylic acids is 1. The molecule has 0 radical (unpaired) electrons. The lowest BCUT2D eigenvalue weighted by molar-refractivity contribution is -0.142. The van der Waals surface area contributed by atoms with E-state index >= 15 is 0 Å². The molecule has 0 aliphatic heterocycles. The van der Waals surface area contributed by atoms with E-state index in [1.807, 2.05) is 58.9 Å². The van der Waals surface area contributed by atoms with E-state index in [0.29, 0.717) is 6.42 Å². The van der Waals surface area contributed by atoms with E-state index in [1.54, 1.807) is 0 Å². The number of rotatable bonds is 9. The monoisotopic (exact) mass is 480 g/mol. The Morgan fingerprint density at radius 3 is 1.97 bits per heavy atom. The first-order chi connectivity index (χ1) is 16.5. The van der Waals surface area contributed by atoms with Crippen molar-refractivity contribution in [3.05, 3.63) is 59.7 Å². The number of carboxylic acids is 1. The summed E-state index contributed by atoms with van der Waals surface area (Å²) in [5.41, 5.74) is 4.29. The summed E-state index contributed by atoms with van der Waals surface area (Å²) in [7, 11) is 0. The zero-order valence-electron chi connectivity index (χ0n) is 21.1. The van der Waals surface area contributed by atoms with Gasteiger partial charge >= 0.3 is 12.1 Å². The summed E-state index contributed by atoms with van der Waals surface area (Å²) in [5, 5.41) is 14.9. The molecule has 0 bridgehead atoms. The summed E-state index contributed by atoms with van der Waals surface area (Å²) < 4.78 is 5.61. The SMILES string of the molecule is CC(C)[C@@H](CC(=O)NC(CC(C)(C)C)C(=O)O)NC(=O)OCC1c2ccccc2-c2ccccc21. The molecule has 35 heavy (non-hydrogen) atoms. The highest BCUT2D eigenvalue weighted by Gasteiger charge is 2.30. The van der Waals surface area contributed by atoms with Gasteiger partial charge in [0.25, 0.3) is 0 Å². The van der Waals surface area contributed by atoms with Crippen molar-refractivity contribution in [2.45, 2.75) is 65.5 Å². The summed E-state index contributed by atoms with van der Waals surface area (Å²) in [5.74, 6) is -1.59. The summed E-state index contributed by atoms with van der Waals surface area (Å²) in [6, 6.07) is 14.7. The van der Waals surface area contributed by atoms with Gasteiger partial charge in [-0.2, -0.15) is 0 Å². The van der Waals surface area contributed by atoms with Crippen LogP contribution in [-0.2, 0) is 14.3 Å². The normalized spacial score (nSPS) is 14.6. The first-order valence-corrected chi connectivity index (χ1v) is 12.1. The number of carbonyl (C=O) groups excluding carboxylic acids is 2. The van der Waals surface area contributed by atoms with Crippen molar-refractivity contribution in [1.29, 1.82) is 0 Å². The van der Waals surface area contributed by atoms with Crippen molar-refractivity contribution in [1.82, 2.24) is 10.6 Å². The van der Waals surface area contributed by atoms with Crippen LogP contribution in [0.4, 0.5) is 4.79 Å². The molecule has 1 unspecified atom stereocenters. The van der Waals surface area contributed by atoms with E-state index in [-0.39, 0.29) is 30.3 Å². The number of carbonyl (C=O) groups is 3. The predicted molar refractivity (Wildman–Crippen MR) is 135 cm³/mol. The average molecular weight is 481 g/mol. The van der Waals surface area contributed by atoms with Gasteiger partial charge < -0.3 is 20.5 Å². The molecule has 3 rings (SSSR count). The van der Waals surface area contributed by atoms with Crippen LogP contribution < -0.4 is 10.6 Å². The van der Waals surface area contributed by atoms with E-state index in [9.17, 15) is 19.5 Å². The van der Waals surface area contributed by atoms with Crippen molar-refractivity contribution < 1.29 is 24.2 Å². The zero-order valence-corrected chi connectivity index (χ0v) is 21.1. The van der Waals surface area contributed by atoms with Crippen molar-refractivity contribution in [2.24, 2.45) is 11.3 Å². The third-order valence-electron chi connectivity index (χ3n) is 6.31. The highest BCUT2D eigenvalue weighted by atomic mass is 16.5. The molecule has 0 fully saturated rings. The highest BCUT2D eigenvalue weighted by Crippen LogP contribution is 2.44. The summed E-state index contributed by atoms with van der Waals surface area (Å²) >= 11 is 0. The van der Waals surface area contributed by atoms with Crippen LogP contribution in [0.25, 0.3) is 11.1 Å². The largest absolute Gasteiger partial charge is 0.480 e. The van der Waals surface area contributed by atoms with E-state index in [0.717, 1.165) is 22.3 Å². The number of fused-ring (bicyclic) bond motifs is 3. The summed E-state index contributed by atoms with van der Waals surface area (Å²) in [6.45, 7) is 9.74. The quantitative estimate of drug-likeness (QED) is 0.471. The van der Waals surface area contributed by atoms with Crippen molar-refractivity contribution >= 4 is 18.0 Å². The minimum Gasteiger partial charge on any atom is -0.480 e. The molecule has 3 N–H and O–H groups in total. The Kier molecular flexibility index (Phi) is 8.20. The van der Waals surface area contributed by atoms with Gasteiger partial charge in [0.05, 0.1) is 0 Å². The Morgan fingerprint density at radius 2 is 1.49 bits per heavy atom. The number of hydrogen-bond donors (Lipinski definition) is 3. The third-order valence-corrected chi connectivity index (χ3v) is 6.31. The molecular weight excluding hydrogens is 444 g/mol. The van der Waals surface area contributed by atoms with Crippen LogP contribution in [0.2, 0.25) is 0 Å². The molecule has 7 nitrogen and oxygen atoms in total. The lowest BCUT2D eigenvalue weighted by atomic mass is 9.88. The van der Waals surface area contributed by atoms with Crippen LogP contribution in [-0.4, -0.2) is 41.8 Å². The molecule has 1 aliphatic carbocycles. The van der Waals surface area contributed by atoms with Gasteiger partial charge in [0.15, 0.2) is 0 Å². The number of hydrogen-bond acceptors (Lipinski definition) is 4. The van der Waals surface area contributed by atoms with Crippen LogP contribution in [0.3, 0.4) is 0 Å². The van der Waals surface area contributed by atoms with Crippen molar-refractivity contribution in [3.8, 4) is 11.1 Å². The molecule has 0 heterocycles. The molecule has 2 aromatic carbocycles. The Hall–Kier alpha value is -3.35. The molecule has 1 aliphatic rings. The number of benzene rings is 2. The molecule has 2 atom stereocenters. The smallest absolute Gasteiger partial charge is 0.407 e. The summed E-state index contributed by atoms with van der Waals surface area (Å²) in [6.07, 6.45) is -0.321. The van der Waals surface area contributed by atoms with Gasteiger partial charge in [0, 0.05) is 18.4 Å². The number of carboxylic acid groups (broad SMARTS) is 1.